The molecule has 2 rings (SSSR count). The maximum atomic E-state index is 8.73. The highest BCUT2D eigenvalue weighted by atomic mass is 35.5. The first-order chi connectivity index (χ1) is 9.20. The largest absolute Gasteiger partial charge is 0.409 e. The van der Waals surface area contributed by atoms with Crippen LogP contribution in [0.2, 0.25) is 5.02 Å². The number of nitrogens with two attached hydrogens (primary N) is 1. The number of pyridine rings is 1. The van der Waals surface area contributed by atoms with Crippen LogP contribution in [-0.2, 0) is 5.75 Å². The number of oxime groups is 1. The molecule has 3 N–H and O–H groups in total. The number of rotatable bonds is 4. The maximum Gasteiger partial charge on any atom is 0.189 e. The van der Waals surface area contributed by atoms with Crippen LogP contribution in [0.25, 0.3) is 0 Å². The van der Waals surface area contributed by atoms with Crippen LogP contribution in [0.15, 0.2) is 52.6 Å². The van der Waals surface area contributed by atoms with Gasteiger partial charge in [0.1, 0.15) is 5.69 Å². The van der Waals surface area contributed by atoms with Crippen molar-refractivity contribution >= 4 is 29.2 Å². The molecule has 0 unspecified atom stereocenters. The number of hydrogen-bond donors (Lipinski definition) is 2. The Morgan fingerprint density at radius 3 is 2.74 bits per heavy atom. The molecule has 0 spiro atoms. The first-order valence-electron chi connectivity index (χ1n) is 5.51. The first-order valence-corrected chi connectivity index (χ1v) is 6.87. The lowest BCUT2D eigenvalue weighted by Gasteiger charge is -2.06. The van der Waals surface area contributed by atoms with Crippen LogP contribution in [-0.4, -0.2) is 16.0 Å². The molecule has 2 aromatic rings. The zero-order valence-electron chi connectivity index (χ0n) is 9.95. The van der Waals surface area contributed by atoms with Crippen LogP contribution in [0, 0.1) is 0 Å². The van der Waals surface area contributed by atoms with Crippen molar-refractivity contribution in [1.82, 2.24) is 4.98 Å². The topological polar surface area (TPSA) is 71.5 Å². The van der Waals surface area contributed by atoms with Crippen LogP contribution >= 0.6 is 23.4 Å². The summed E-state index contributed by atoms with van der Waals surface area (Å²) in [5, 5.41) is 12.4. The van der Waals surface area contributed by atoms with Gasteiger partial charge < -0.3 is 10.9 Å². The van der Waals surface area contributed by atoms with Crippen LogP contribution < -0.4 is 5.73 Å². The number of nitrogens with zero attached hydrogens (tertiary/aromatic N) is 2. The second-order valence-electron chi connectivity index (χ2n) is 3.75. The fraction of sp³-hybridized carbons (Fsp3) is 0.0769. The zero-order chi connectivity index (χ0) is 13.7. The van der Waals surface area contributed by atoms with Gasteiger partial charge in [0, 0.05) is 21.9 Å². The molecule has 0 bridgehead atoms. The average Bonchev–Trinajstić information content (AvgIpc) is 2.46. The minimum atomic E-state index is 0.0132. The third kappa shape index (κ3) is 3.62. The SMILES string of the molecule is N/C(=N/O)c1ncccc1SCc1ccc(Cl)cc1. The van der Waals surface area contributed by atoms with Gasteiger partial charge in [-0.05, 0) is 29.8 Å². The second kappa shape index (κ2) is 6.45. The van der Waals surface area contributed by atoms with Crippen LogP contribution in [0.3, 0.4) is 0 Å². The van der Waals surface area contributed by atoms with E-state index in [-0.39, 0.29) is 5.84 Å². The summed E-state index contributed by atoms with van der Waals surface area (Å²) >= 11 is 7.41. The van der Waals surface area contributed by atoms with E-state index in [4.69, 9.17) is 22.5 Å². The molecule has 0 saturated heterocycles. The number of hydrogen-bond acceptors (Lipinski definition) is 4. The fourth-order valence-corrected chi connectivity index (χ4v) is 2.60. The van der Waals surface area contributed by atoms with Crippen LogP contribution in [0.4, 0.5) is 0 Å². The van der Waals surface area contributed by atoms with E-state index in [0.29, 0.717) is 10.7 Å². The van der Waals surface area contributed by atoms with Crippen molar-refractivity contribution in [3.05, 3.63) is 58.9 Å². The fourth-order valence-electron chi connectivity index (χ4n) is 1.49. The number of halogens is 1. The van der Waals surface area contributed by atoms with Crippen LogP contribution in [0.5, 0.6) is 0 Å². The van der Waals surface area contributed by atoms with E-state index >= 15 is 0 Å². The lowest BCUT2D eigenvalue weighted by Crippen LogP contribution is -2.16. The quantitative estimate of drug-likeness (QED) is 0.299. The van der Waals surface area contributed by atoms with Gasteiger partial charge in [0.25, 0.3) is 0 Å². The third-order valence-electron chi connectivity index (χ3n) is 2.43. The highest BCUT2D eigenvalue weighted by Crippen LogP contribution is 2.25. The van der Waals surface area contributed by atoms with Crippen molar-refractivity contribution in [2.45, 2.75) is 10.6 Å². The van der Waals surface area contributed by atoms with Crippen molar-refractivity contribution in [2.24, 2.45) is 10.9 Å². The Kier molecular flexibility index (Phi) is 4.65. The van der Waals surface area contributed by atoms with Gasteiger partial charge in [-0.3, -0.25) is 4.98 Å². The molecule has 0 fully saturated rings. The summed E-state index contributed by atoms with van der Waals surface area (Å²) in [5.74, 6) is 0.772. The molecule has 0 aliphatic heterocycles. The number of aromatic nitrogens is 1. The number of thioether (sulfide) groups is 1. The lowest BCUT2D eigenvalue weighted by molar-refractivity contribution is 0.318. The molecule has 98 valence electrons. The summed E-state index contributed by atoms with van der Waals surface area (Å²) in [5.41, 5.74) is 7.22. The van der Waals surface area contributed by atoms with Gasteiger partial charge in [0.15, 0.2) is 5.84 Å². The molecule has 0 radical (unpaired) electrons. The third-order valence-corrected chi connectivity index (χ3v) is 3.80. The normalized spacial score (nSPS) is 11.5. The molecule has 19 heavy (non-hydrogen) atoms. The van der Waals surface area contributed by atoms with Gasteiger partial charge in [-0.2, -0.15) is 0 Å². The molecule has 1 heterocycles. The molecule has 1 aromatic carbocycles. The van der Waals surface area contributed by atoms with Gasteiger partial charge >= 0.3 is 0 Å². The summed E-state index contributed by atoms with van der Waals surface area (Å²) in [6.07, 6.45) is 1.61. The Hall–Kier alpha value is -1.72. The summed E-state index contributed by atoms with van der Waals surface area (Å²) in [4.78, 5) is 4.99. The molecule has 1 aromatic heterocycles. The van der Waals surface area contributed by atoms with Crippen molar-refractivity contribution in [3.63, 3.8) is 0 Å². The molecule has 6 heteroatoms. The van der Waals surface area contributed by atoms with Gasteiger partial charge in [-0.1, -0.05) is 28.9 Å². The van der Waals surface area contributed by atoms with E-state index in [2.05, 4.69) is 10.1 Å². The first kappa shape index (κ1) is 13.7. The van der Waals surface area contributed by atoms with Gasteiger partial charge in [-0.25, -0.2) is 0 Å². The Bertz CT molecular complexity index is 587. The molecular formula is C13H12ClN3OS. The van der Waals surface area contributed by atoms with Gasteiger partial charge in [0.2, 0.25) is 0 Å². The van der Waals surface area contributed by atoms with Crippen molar-refractivity contribution in [2.75, 3.05) is 0 Å². The minimum absolute atomic E-state index is 0.0132. The number of amidine groups is 1. The molecule has 0 aliphatic rings. The monoisotopic (exact) mass is 293 g/mol. The summed E-state index contributed by atoms with van der Waals surface area (Å²) < 4.78 is 0. The predicted octanol–water partition coefficient (Wildman–Crippen LogP) is 3.12. The van der Waals surface area contributed by atoms with E-state index in [0.717, 1.165) is 16.2 Å². The van der Waals surface area contributed by atoms with Crippen molar-refractivity contribution in [3.8, 4) is 0 Å². The standard InChI is InChI=1S/C13H12ClN3OS/c14-10-5-3-9(4-6-10)8-19-11-2-1-7-16-12(11)13(15)17-18/h1-7,18H,8H2,(H2,15,17). The van der Waals surface area contributed by atoms with Crippen molar-refractivity contribution in [1.29, 1.82) is 0 Å². The minimum Gasteiger partial charge on any atom is -0.409 e. The lowest BCUT2D eigenvalue weighted by atomic mass is 10.2. The van der Waals surface area contributed by atoms with E-state index in [1.807, 2.05) is 36.4 Å². The Balaban J connectivity index is 2.13. The zero-order valence-corrected chi connectivity index (χ0v) is 11.5. The van der Waals surface area contributed by atoms with Crippen molar-refractivity contribution < 1.29 is 5.21 Å². The van der Waals surface area contributed by atoms with E-state index < -0.39 is 0 Å². The molecule has 0 saturated carbocycles. The Labute approximate surface area is 120 Å². The maximum absolute atomic E-state index is 8.73. The Morgan fingerprint density at radius 1 is 1.32 bits per heavy atom. The highest BCUT2D eigenvalue weighted by molar-refractivity contribution is 7.98. The smallest absolute Gasteiger partial charge is 0.189 e. The second-order valence-corrected chi connectivity index (χ2v) is 5.20. The predicted molar refractivity (Wildman–Crippen MR) is 77.8 cm³/mol. The summed E-state index contributed by atoms with van der Waals surface area (Å²) in [7, 11) is 0. The molecule has 0 atom stereocenters. The molecule has 0 aliphatic carbocycles. The van der Waals surface area contributed by atoms with E-state index in [1.54, 1.807) is 18.0 Å². The van der Waals surface area contributed by atoms with E-state index in [1.165, 1.54) is 0 Å². The van der Waals surface area contributed by atoms with Crippen LogP contribution in [0.1, 0.15) is 11.3 Å². The molecule has 0 amide bonds. The van der Waals surface area contributed by atoms with Gasteiger partial charge in [0.05, 0.1) is 0 Å². The Morgan fingerprint density at radius 2 is 2.05 bits per heavy atom. The summed E-state index contributed by atoms with van der Waals surface area (Å²) in [6.45, 7) is 0. The van der Waals surface area contributed by atoms with Gasteiger partial charge in [-0.15, -0.1) is 11.8 Å². The summed E-state index contributed by atoms with van der Waals surface area (Å²) in [6, 6.07) is 11.3. The van der Waals surface area contributed by atoms with E-state index in [9.17, 15) is 0 Å². The number of benzene rings is 1. The molecular weight excluding hydrogens is 282 g/mol. The highest BCUT2D eigenvalue weighted by Gasteiger charge is 2.08. The molecule has 4 nitrogen and oxygen atoms in total. The average molecular weight is 294 g/mol.